The van der Waals surface area contributed by atoms with Crippen LogP contribution in [0.3, 0.4) is 0 Å². The molecule has 0 atom stereocenters. The van der Waals surface area contributed by atoms with Gasteiger partial charge in [0, 0.05) is 23.0 Å². The van der Waals surface area contributed by atoms with Crippen molar-refractivity contribution in [3.05, 3.63) is 27.7 Å². The van der Waals surface area contributed by atoms with Crippen LogP contribution in [0.25, 0.3) is 0 Å². The number of halogens is 1. The SMILES string of the molecule is CCC1=Nc2c(Br)cc(C)cc2C2=NCCN12. The van der Waals surface area contributed by atoms with Gasteiger partial charge in [0.1, 0.15) is 11.7 Å². The van der Waals surface area contributed by atoms with E-state index >= 15 is 0 Å². The molecule has 1 aromatic rings. The average Bonchev–Trinajstić information content (AvgIpc) is 2.77. The maximum absolute atomic E-state index is 4.76. The first-order valence-electron chi connectivity index (χ1n) is 5.90. The van der Waals surface area contributed by atoms with Gasteiger partial charge < -0.3 is 4.90 Å². The quantitative estimate of drug-likeness (QED) is 0.780. The lowest BCUT2D eigenvalue weighted by Crippen LogP contribution is -2.36. The van der Waals surface area contributed by atoms with Crippen molar-refractivity contribution >= 4 is 33.3 Å². The average molecular weight is 292 g/mol. The molecule has 0 unspecified atom stereocenters. The van der Waals surface area contributed by atoms with Crippen LogP contribution in [0.2, 0.25) is 0 Å². The smallest absolute Gasteiger partial charge is 0.138 e. The molecule has 0 fully saturated rings. The molecule has 0 saturated carbocycles. The van der Waals surface area contributed by atoms with Crippen LogP contribution in [0.4, 0.5) is 5.69 Å². The van der Waals surface area contributed by atoms with E-state index in [1.807, 2.05) is 0 Å². The Balaban J connectivity index is 2.26. The van der Waals surface area contributed by atoms with E-state index in [9.17, 15) is 0 Å². The fraction of sp³-hybridized carbons (Fsp3) is 0.385. The molecule has 3 nitrogen and oxygen atoms in total. The first-order valence-corrected chi connectivity index (χ1v) is 6.70. The highest BCUT2D eigenvalue weighted by atomic mass is 79.9. The van der Waals surface area contributed by atoms with Crippen molar-refractivity contribution < 1.29 is 0 Å². The van der Waals surface area contributed by atoms with Crippen LogP contribution in [0.1, 0.15) is 24.5 Å². The van der Waals surface area contributed by atoms with Gasteiger partial charge in [-0.1, -0.05) is 6.92 Å². The Labute approximate surface area is 109 Å². The number of aliphatic imine (C=N–C) groups is 2. The van der Waals surface area contributed by atoms with E-state index in [4.69, 9.17) is 4.99 Å². The summed E-state index contributed by atoms with van der Waals surface area (Å²) in [5, 5.41) is 0. The third-order valence-electron chi connectivity index (χ3n) is 3.16. The summed E-state index contributed by atoms with van der Waals surface area (Å²) >= 11 is 3.61. The molecule has 0 N–H and O–H groups in total. The molecule has 2 heterocycles. The number of rotatable bonds is 1. The Bertz CT molecular complexity index is 546. The summed E-state index contributed by atoms with van der Waals surface area (Å²) in [4.78, 5) is 11.6. The number of hydrogen-bond donors (Lipinski definition) is 0. The molecule has 0 radical (unpaired) electrons. The largest absolute Gasteiger partial charge is 0.312 e. The minimum Gasteiger partial charge on any atom is -0.312 e. The van der Waals surface area contributed by atoms with Crippen LogP contribution in [0.5, 0.6) is 0 Å². The highest BCUT2D eigenvalue weighted by Gasteiger charge is 2.29. The molecule has 17 heavy (non-hydrogen) atoms. The van der Waals surface area contributed by atoms with Crippen LogP contribution < -0.4 is 0 Å². The molecule has 0 aliphatic carbocycles. The summed E-state index contributed by atoms with van der Waals surface area (Å²) in [5.41, 5.74) is 3.43. The van der Waals surface area contributed by atoms with Gasteiger partial charge in [0.15, 0.2) is 0 Å². The van der Waals surface area contributed by atoms with Gasteiger partial charge in [-0.05, 0) is 40.5 Å². The van der Waals surface area contributed by atoms with Gasteiger partial charge in [-0.2, -0.15) is 0 Å². The third-order valence-corrected chi connectivity index (χ3v) is 3.76. The summed E-state index contributed by atoms with van der Waals surface area (Å²) in [6.07, 6.45) is 0.943. The number of hydrogen-bond acceptors (Lipinski definition) is 3. The summed E-state index contributed by atoms with van der Waals surface area (Å²) in [6.45, 7) is 6.08. The van der Waals surface area contributed by atoms with Gasteiger partial charge in [-0.3, -0.25) is 4.99 Å². The Morgan fingerprint density at radius 1 is 1.41 bits per heavy atom. The molecular formula is C13H14BrN3. The van der Waals surface area contributed by atoms with Crippen molar-refractivity contribution in [2.24, 2.45) is 9.98 Å². The van der Waals surface area contributed by atoms with Crippen LogP contribution in [0.15, 0.2) is 26.6 Å². The molecule has 3 rings (SSSR count). The Hall–Kier alpha value is -1.16. The van der Waals surface area contributed by atoms with Crippen LogP contribution in [0, 0.1) is 6.92 Å². The molecule has 0 saturated heterocycles. The minimum atomic E-state index is 0.874. The molecular weight excluding hydrogens is 278 g/mol. The molecule has 2 aliphatic rings. The van der Waals surface area contributed by atoms with Crippen LogP contribution >= 0.6 is 15.9 Å². The highest BCUT2D eigenvalue weighted by molar-refractivity contribution is 9.10. The molecule has 0 spiro atoms. The normalized spacial score (nSPS) is 17.5. The van der Waals surface area contributed by atoms with E-state index in [-0.39, 0.29) is 0 Å². The maximum Gasteiger partial charge on any atom is 0.138 e. The second-order valence-corrected chi connectivity index (χ2v) is 5.24. The predicted octanol–water partition coefficient (Wildman–Crippen LogP) is 3.27. The van der Waals surface area contributed by atoms with Crippen molar-refractivity contribution in [2.75, 3.05) is 13.1 Å². The molecule has 0 bridgehead atoms. The zero-order chi connectivity index (χ0) is 12.0. The lowest BCUT2D eigenvalue weighted by molar-refractivity contribution is 0.646. The van der Waals surface area contributed by atoms with E-state index in [0.29, 0.717) is 0 Å². The Morgan fingerprint density at radius 2 is 2.24 bits per heavy atom. The van der Waals surface area contributed by atoms with Gasteiger partial charge in [-0.25, -0.2) is 4.99 Å². The van der Waals surface area contributed by atoms with Gasteiger partial charge in [0.2, 0.25) is 0 Å². The van der Waals surface area contributed by atoms with Crippen molar-refractivity contribution in [3.8, 4) is 0 Å². The van der Waals surface area contributed by atoms with Crippen molar-refractivity contribution in [1.29, 1.82) is 0 Å². The van der Waals surface area contributed by atoms with E-state index in [0.717, 1.165) is 46.9 Å². The number of nitrogens with zero attached hydrogens (tertiary/aromatic N) is 3. The fourth-order valence-corrected chi connectivity index (χ4v) is 3.07. The number of fused-ring (bicyclic) bond motifs is 3. The van der Waals surface area contributed by atoms with E-state index in [2.05, 4.69) is 51.8 Å². The van der Waals surface area contributed by atoms with Gasteiger partial charge >= 0.3 is 0 Å². The number of aryl methyl sites for hydroxylation is 1. The van der Waals surface area contributed by atoms with E-state index < -0.39 is 0 Å². The topological polar surface area (TPSA) is 28.0 Å². The minimum absolute atomic E-state index is 0.874. The second-order valence-electron chi connectivity index (χ2n) is 4.38. The first kappa shape index (κ1) is 11.0. The van der Waals surface area contributed by atoms with Gasteiger partial charge in [0.25, 0.3) is 0 Å². The number of amidine groups is 2. The second kappa shape index (κ2) is 3.95. The molecule has 2 aliphatic heterocycles. The molecule has 1 aromatic carbocycles. The molecule has 88 valence electrons. The standard InChI is InChI=1S/C13H14BrN3/c1-3-11-16-12-9(6-8(2)7-10(12)14)13-15-4-5-17(11)13/h6-7H,3-5H2,1-2H3. The summed E-state index contributed by atoms with van der Waals surface area (Å²) in [5.74, 6) is 2.22. The monoisotopic (exact) mass is 291 g/mol. The highest BCUT2D eigenvalue weighted by Crippen LogP contribution is 2.36. The zero-order valence-electron chi connectivity index (χ0n) is 10.00. The number of benzene rings is 1. The van der Waals surface area contributed by atoms with E-state index in [1.54, 1.807) is 0 Å². The summed E-state index contributed by atoms with van der Waals surface area (Å²) < 4.78 is 1.06. The van der Waals surface area contributed by atoms with Crippen molar-refractivity contribution in [3.63, 3.8) is 0 Å². The zero-order valence-corrected chi connectivity index (χ0v) is 11.6. The van der Waals surface area contributed by atoms with Crippen LogP contribution in [-0.2, 0) is 0 Å². The van der Waals surface area contributed by atoms with Crippen molar-refractivity contribution in [2.45, 2.75) is 20.3 Å². The molecule has 0 amide bonds. The lowest BCUT2D eigenvalue weighted by atomic mass is 10.1. The van der Waals surface area contributed by atoms with Gasteiger partial charge in [-0.15, -0.1) is 0 Å². The van der Waals surface area contributed by atoms with Crippen LogP contribution in [-0.4, -0.2) is 29.7 Å². The third kappa shape index (κ3) is 1.62. The first-order chi connectivity index (χ1) is 8.20. The predicted molar refractivity (Wildman–Crippen MR) is 74.4 cm³/mol. The maximum atomic E-state index is 4.76. The lowest BCUT2D eigenvalue weighted by Gasteiger charge is -2.27. The Morgan fingerprint density at radius 3 is 3.00 bits per heavy atom. The fourth-order valence-electron chi connectivity index (χ4n) is 2.41. The molecule has 4 heteroatoms. The summed E-state index contributed by atoms with van der Waals surface area (Å²) in [7, 11) is 0. The molecule has 0 aromatic heterocycles. The van der Waals surface area contributed by atoms with E-state index in [1.165, 1.54) is 5.56 Å². The summed E-state index contributed by atoms with van der Waals surface area (Å²) in [6, 6.07) is 4.29. The Kier molecular flexibility index (Phi) is 2.54. The van der Waals surface area contributed by atoms with Gasteiger partial charge in [0.05, 0.1) is 12.2 Å². The van der Waals surface area contributed by atoms with Crippen molar-refractivity contribution in [1.82, 2.24) is 4.90 Å².